The zero-order valence-electron chi connectivity index (χ0n) is 9.20. The molecule has 3 nitrogen and oxygen atoms in total. The summed E-state index contributed by atoms with van der Waals surface area (Å²) in [6, 6.07) is 0.412. The second kappa shape index (κ2) is 3.90. The molecule has 0 fully saturated rings. The van der Waals surface area contributed by atoms with E-state index < -0.39 is 0 Å². The molecule has 0 radical (unpaired) electrons. The molecule has 1 aromatic heterocycles. The van der Waals surface area contributed by atoms with Gasteiger partial charge in [-0.2, -0.15) is 0 Å². The van der Waals surface area contributed by atoms with Crippen LogP contribution in [0.1, 0.15) is 58.0 Å². The summed E-state index contributed by atoms with van der Waals surface area (Å²) in [7, 11) is 0. The van der Waals surface area contributed by atoms with Crippen molar-refractivity contribution in [2.75, 3.05) is 0 Å². The lowest BCUT2D eigenvalue weighted by Gasteiger charge is -2.10. The molecule has 0 aliphatic carbocycles. The predicted octanol–water partition coefficient (Wildman–Crippen LogP) is 2.54. The van der Waals surface area contributed by atoms with Crippen molar-refractivity contribution >= 4 is 0 Å². The molecular formula is C10H19N3. The second-order valence-corrected chi connectivity index (χ2v) is 3.97. The van der Waals surface area contributed by atoms with Gasteiger partial charge in [-0.25, -0.2) is 4.68 Å². The lowest BCUT2D eigenvalue weighted by molar-refractivity contribution is 0.496. The topological polar surface area (TPSA) is 30.7 Å². The molecule has 3 heteroatoms. The van der Waals surface area contributed by atoms with Gasteiger partial charge in [0.2, 0.25) is 0 Å². The van der Waals surface area contributed by atoms with E-state index in [2.05, 4.69) is 44.9 Å². The molecule has 0 unspecified atom stereocenters. The van der Waals surface area contributed by atoms with Gasteiger partial charge < -0.3 is 0 Å². The van der Waals surface area contributed by atoms with Gasteiger partial charge >= 0.3 is 0 Å². The second-order valence-electron chi connectivity index (χ2n) is 3.97. The summed E-state index contributed by atoms with van der Waals surface area (Å²) in [6.45, 7) is 10.8. The first kappa shape index (κ1) is 10.2. The molecule has 0 spiro atoms. The molecular weight excluding hydrogens is 162 g/mol. The van der Waals surface area contributed by atoms with E-state index in [9.17, 15) is 0 Å². The number of hydrogen-bond acceptors (Lipinski definition) is 2. The lowest BCUT2D eigenvalue weighted by atomic mass is 10.1. The van der Waals surface area contributed by atoms with Gasteiger partial charge in [0.05, 0.1) is 11.4 Å². The minimum absolute atomic E-state index is 0.412. The van der Waals surface area contributed by atoms with E-state index in [1.807, 2.05) is 4.68 Å². The van der Waals surface area contributed by atoms with E-state index in [4.69, 9.17) is 0 Å². The first-order valence-corrected chi connectivity index (χ1v) is 5.01. The third kappa shape index (κ3) is 1.90. The average molecular weight is 181 g/mol. The quantitative estimate of drug-likeness (QED) is 0.717. The van der Waals surface area contributed by atoms with E-state index in [1.165, 1.54) is 5.69 Å². The number of hydrogen-bond donors (Lipinski definition) is 0. The minimum Gasteiger partial charge on any atom is -0.247 e. The van der Waals surface area contributed by atoms with E-state index in [0.717, 1.165) is 12.1 Å². The van der Waals surface area contributed by atoms with Crippen LogP contribution in [0.5, 0.6) is 0 Å². The molecule has 74 valence electrons. The molecule has 1 rings (SSSR count). The maximum Gasteiger partial charge on any atom is 0.0884 e. The molecule has 0 saturated heterocycles. The van der Waals surface area contributed by atoms with Crippen LogP contribution in [-0.4, -0.2) is 15.0 Å². The van der Waals surface area contributed by atoms with Gasteiger partial charge in [0.15, 0.2) is 0 Å². The van der Waals surface area contributed by atoms with Crippen molar-refractivity contribution in [3.63, 3.8) is 0 Å². The molecule has 0 bridgehead atoms. The van der Waals surface area contributed by atoms with Crippen molar-refractivity contribution in [3.8, 4) is 0 Å². The monoisotopic (exact) mass is 181 g/mol. The third-order valence-electron chi connectivity index (χ3n) is 2.19. The van der Waals surface area contributed by atoms with E-state index in [0.29, 0.717) is 12.0 Å². The Morgan fingerprint density at radius 3 is 2.23 bits per heavy atom. The fraction of sp³-hybridized carbons (Fsp3) is 0.800. The van der Waals surface area contributed by atoms with Crippen molar-refractivity contribution in [1.29, 1.82) is 0 Å². The summed E-state index contributed by atoms with van der Waals surface area (Å²) in [5, 5.41) is 8.40. The Balaban J connectivity index is 3.10. The van der Waals surface area contributed by atoms with Crippen molar-refractivity contribution < 1.29 is 0 Å². The van der Waals surface area contributed by atoms with Crippen molar-refractivity contribution in [2.45, 2.75) is 53.0 Å². The highest BCUT2D eigenvalue weighted by Gasteiger charge is 2.15. The normalized spacial score (nSPS) is 11.6. The summed E-state index contributed by atoms with van der Waals surface area (Å²) in [5.74, 6) is 0.474. The highest BCUT2D eigenvalue weighted by atomic mass is 15.4. The molecule has 0 aliphatic heterocycles. The Kier molecular flexibility index (Phi) is 3.07. The van der Waals surface area contributed by atoms with Gasteiger partial charge in [0.25, 0.3) is 0 Å². The smallest absolute Gasteiger partial charge is 0.0884 e. The Hall–Kier alpha value is -0.860. The Labute approximate surface area is 80.1 Å². The molecule has 0 aromatic carbocycles. The third-order valence-corrected chi connectivity index (χ3v) is 2.19. The van der Waals surface area contributed by atoms with Crippen LogP contribution in [0.4, 0.5) is 0 Å². The first-order valence-electron chi connectivity index (χ1n) is 5.01. The Morgan fingerprint density at radius 1 is 1.23 bits per heavy atom. The van der Waals surface area contributed by atoms with E-state index in [1.54, 1.807) is 0 Å². The van der Waals surface area contributed by atoms with Crippen LogP contribution in [0.2, 0.25) is 0 Å². The predicted molar refractivity (Wildman–Crippen MR) is 53.9 cm³/mol. The number of rotatable bonds is 3. The fourth-order valence-electron chi connectivity index (χ4n) is 1.53. The fourth-order valence-corrected chi connectivity index (χ4v) is 1.53. The Bertz CT molecular complexity index is 248. The summed E-state index contributed by atoms with van der Waals surface area (Å²) < 4.78 is 2.02. The van der Waals surface area contributed by atoms with Crippen LogP contribution in [0.3, 0.4) is 0 Å². The zero-order valence-corrected chi connectivity index (χ0v) is 9.20. The molecule has 13 heavy (non-hydrogen) atoms. The maximum atomic E-state index is 4.22. The molecule has 1 aromatic rings. The standard InChI is InChI=1S/C10H19N3/c1-6-9-10(7(2)3)11-12-13(9)8(4)5/h7-8H,6H2,1-5H3. The average Bonchev–Trinajstić information content (AvgIpc) is 2.46. The number of aromatic nitrogens is 3. The summed E-state index contributed by atoms with van der Waals surface area (Å²) in [5.41, 5.74) is 2.43. The van der Waals surface area contributed by atoms with Gasteiger partial charge in [0.1, 0.15) is 0 Å². The summed E-state index contributed by atoms with van der Waals surface area (Å²) in [6.07, 6.45) is 1.01. The van der Waals surface area contributed by atoms with E-state index in [-0.39, 0.29) is 0 Å². The lowest BCUT2D eigenvalue weighted by Crippen LogP contribution is -2.08. The molecule has 0 saturated carbocycles. The molecule has 0 N–H and O–H groups in total. The molecule has 1 heterocycles. The zero-order chi connectivity index (χ0) is 10.0. The van der Waals surface area contributed by atoms with Gasteiger partial charge in [-0.3, -0.25) is 0 Å². The van der Waals surface area contributed by atoms with Crippen LogP contribution in [0, 0.1) is 0 Å². The number of nitrogens with zero attached hydrogens (tertiary/aromatic N) is 3. The van der Waals surface area contributed by atoms with Crippen LogP contribution in [0.25, 0.3) is 0 Å². The highest BCUT2D eigenvalue weighted by Crippen LogP contribution is 2.19. The SMILES string of the molecule is CCc1c(C(C)C)nnn1C(C)C. The van der Waals surface area contributed by atoms with Crippen molar-refractivity contribution in [2.24, 2.45) is 0 Å². The van der Waals surface area contributed by atoms with E-state index >= 15 is 0 Å². The van der Waals surface area contributed by atoms with Gasteiger partial charge in [0, 0.05) is 6.04 Å². The van der Waals surface area contributed by atoms with Crippen LogP contribution >= 0.6 is 0 Å². The Morgan fingerprint density at radius 2 is 1.85 bits per heavy atom. The summed E-state index contributed by atoms with van der Waals surface area (Å²) >= 11 is 0. The van der Waals surface area contributed by atoms with Crippen molar-refractivity contribution in [3.05, 3.63) is 11.4 Å². The van der Waals surface area contributed by atoms with Gasteiger partial charge in [-0.05, 0) is 26.2 Å². The van der Waals surface area contributed by atoms with Crippen LogP contribution in [0.15, 0.2) is 0 Å². The molecule has 0 atom stereocenters. The highest BCUT2D eigenvalue weighted by molar-refractivity contribution is 5.14. The maximum absolute atomic E-state index is 4.22. The largest absolute Gasteiger partial charge is 0.247 e. The van der Waals surface area contributed by atoms with Crippen LogP contribution in [-0.2, 0) is 6.42 Å². The van der Waals surface area contributed by atoms with Crippen molar-refractivity contribution in [1.82, 2.24) is 15.0 Å². The first-order chi connectivity index (χ1) is 6.07. The molecule has 0 amide bonds. The molecule has 0 aliphatic rings. The van der Waals surface area contributed by atoms with Crippen LogP contribution < -0.4 is 0 Å². The van der Waals surface area contributed by atoms with Gasteiger partial charge in [-0.15, -0.1) is 5.10 Å². The van der Waals surface area contributed by atoms with Gasteiger partial charge in [-0.1, -0.05) is 26.0 Å². The minimum atomic E-state index is 0.412. The summed E-state index contributed by atoms with van der Waals surface area (Å²) in [4.78, 5) is 0.